The predicted molar refractivity (Wildman–Crippen MR) is 95.3 cm³/mol. The Balaban J connectivity index is 3.17. The van der Waals surface area contributed by atoms with Gasteiger partial charge in [0.15, 0.2) is 0 Å². The number of alkyl halides is 3. The molecule has 7 nitrogen and oxygen atoms in total. The molecule has 0 unspecified atom stereocenters. The van der Waals surface area contributed by atoms with E-state index < -0.39 is 33.1 Å². The molecule has 1 aromatic carbocycles. The molecule has 0 aliphatic heterocycles. The number of benzene rings is 1. The second kappa shape index (κ2) is 7.58. The lowest BCUT2D eigenvalue weighted by molar-refractivity contribution is -0.212. The number of anilines is 1. The number of ether oxygens (including phenoxy) is 1. The third-order valence-corrected chi connectivity index (χ3v) is 4.57. The summed E-state index contributed by atoms with van der Waals surface area (Å²) in [6.07, 6.45) is -0.682. The predicted octanol–water partition coefficient (Wildman–Crippen LogP) is 2.62. The number of halogens is 4. The fourth-order valence-corrected chi connectivity index (χ4v) is 2.86. The van der Waals surface area contributed by atoms with E-state index in [0.717, 1.165) is 17.0 Å². The zero-order valence-electron chi connectivity index (χ0n) is 14.1. The number of sulfonamides is 1. The van der Waals surface area contributed by atoms with Gasteiger partial charge < -0.3 is 9.84 Å². The molecule has 1 rings (SSSR count). The molecule has 0 aliphatic carbocycles. The molecule has 0 aromatic heterocycles. The number of carbonyl (C=O) groups excluding carboxylic acids is 1. The summed E-state index contributed by atoms with van der Waals surface area (Å²) in [6.45, 7) is 5.02. The van der Waals surface area contributed by atoms with Crippen LogP contribution in [0.2, 0.25) is 0 Å². The van der Waals surface area contributed by atoms with Crippen molar-refractivity contribution in [3.8, 4) is 0 Å². The first-order valence-electron chi connectivity index (χ1n) is 6.90. The van der Waals surface area contributed by atoms with Crippen LogP contribution in [0.5, 0.6) is 0 Å². The van der Waals surface area contributed by atoms with Crippen LogP contribution in [-0.2, 0) is 14.8 Å². The fraction of sp³-hybridized carbons (Fsp3) is 0.429. The Labute approximate surface area is 162 Å². The molecule has 12 heteroatoms. The van der Waals surface area contributed by atoms with Gasteiger partial charge in [0.05, 0.1) is 5.69 Å². The minimum absolute atomic E-state index is 0.307. The van der Waals surface area contributed by atoms with E-state index >= 15 is 0 Å². The van der Waals surface area contributed by atoms with Crippen LogP contribution in [0.15, 0.2) is 22.6 Å². The van der Waals surface area contributed by atoms with E-state index in [9.17, 15) is 31.5 Å². The zero-order valence-corrected chi connectivity index (χ0v) is 17.1. The zero-order chi connectivity index (χ0) is 20.5. The number of hydrogen-bond donors (Lipinski definition) is 0. The number of amides is 1. The van der Waals surface area contributed by atoms with Gasteiger partial charge in [-0.15, -0.1) is 0 Å². The first-order chi connectivity index (χ1) is 11.5. The maximum atomic E-state index is 12.3. The van der Waals surface area contributed by atoms with Crippen molar-refractivity contribution < 1.29 is 36.2 Å². The highest BCUT2D eigenvalue weighted by molar-refractivity contribution is 14.1. The normalized spacial score (nSPS) is 13.5. The summed E-state index contributed by atoms with van der Waals surface area (Å²) in [6, 6.07) is 3.46. The van der Waals surface area contributed by atoms with Crippen LogP contribution in [0.3, 0.4) is 0 Å². The highest BCUT2D eigenvalue weighted by Gasteiger charge is 2.45. The van der Waals surface area contributed by atoms with E-state index in [2.05, 4.69) is 4.40 Å². The molecule has 0 aliphatic rings. The van der Waals surface area contributed by atoms with Gasteiger partial charge in [0.1, 0.15) is 5.60 Å². The van der Waals surface area contributed by atoms with Crippen molar-refractivity contribution in [1.29, 1.82) is 0 Å². The van der Waals surface area contributed by atoms with E-state index in [1.807, 2.05) is 0 Å². The van der Waals surface area contributed by atoms with Gasteiger partial charge in [-0.05, 0) is 61.1 Å². The van der Waals surface area contributed by atoms with Gasteiger partial charge in [0.2, 0.25) is 0 Å². The molecule has 0 saturated heterocycles. The van der Waals surface area contributed by atoms with Crippen LogP contribution in [0.4, 0.5) is 23.7 Å². The van der Waals surface area contributed by atoms with E-state index in [1.54, 1.807) is 43.4 Å². The summed E-state index contributed by atoms with van der Waals surface area (Å²) >= 11 is 1.74. The van der Waals surface area contributed by atoms with E-state index in [-0.39, 0.29) is 5.56 Å². The average molecular weight is 507 g/mol. The first-order valence-corrected chi connectivity index (χ1v) is 9.42. The molecule has 0 radical (unpaired) electrons. The Morgan fingerprint density at radius 1 is 1.27 bits per heavy atom. The lowest BCUT2D eigenvalue weighted by Gasteiger charge is -2.25. The summed E-state index contributed by atoms with van der Waals surface area (Å²) in [7, 11) is -4.52. The molecule has 0 N–H and O–H groups in total. The summed E-state index contributed by atoms with van der Waals surface area (Å²) in [5.41, 5.74) is -6.46. The summed E-state index contributed by atoms with van der Waals surface area (Å²) in [5.74, 6) is -1.56. The molecule has 0 saturated carbocycles. The monoisotopic (exact) mass is 507 g/mol. The van der Waals surface area contributed by atoms with E-state index in [0.29, 0.717) is 9.26 Å². The van der Waals surface area contributed by atoms with Crippen molar-refractivity contribution in [2.24, 2.45) is 4.40 Å². The lowest BCUT2D eigenvalue weighted by atomic mass is 10.2. The van der Waals surface area contributed by atoms with E-state index in [4.69, 9.17) is 4.74 Å². The summed E-state index contributed by atoms with van der Waals surface area (Å²) < 4.78 is 66.5. The summed E-state index contributed by atoms with van der Waals surface area (Å²) in [4.78, 5) is 13.2. The third kappa shape index (κ3) is 5.72. The highest BCUT2D eigenvalue weighted by atomic mass is 127. The van der Waals surface area contributed by atoms with Crippen molar-refractivity contribution in [3.63, 3.8) is 0 Å². The number of rotatable bonds is 3. The third-order valence-electron chi connectivity index (χ3n) is 2.72. The average Bonchev–Trinajstić information content (AvgIpc) is 2.42. The smallest absolute Gasteiger partial charge is 0.518 e. The molecule has 0 bridgehead atoms. The maximum Gasteiger partial charge on any atom is 0.518 e. The number of carbonyl (C=O) groups is 1. The Kier molecular flexibility index (Phi) is 6.55. The Morgan fingerprint density at radius 2 is 1.81 bits per heavy atom. The van der Waals surface area contributed by atoms with Crippen LogP contribution in [0, 0.1) is 3.57 Å². The van der Waals surface area contributed by atoms with Gasteiger partial charge in [-0.2, -0.15) is 26.0 Å². The van der Waals surface area contributed by atoms with Crippen molar-refractivity contribution >= 4 is 50.3 Å². The molecule has 26 heavy (non-hydrogen) atoms. The summed E-state index contributed by atoms with van der Waals surface area (Å²) in [5, 5.41) is 11.7. The quantitative estimate of drug-likeness (QED) is 0.356. The fourth-order valence-electron chi connectivity index (χ4n) is 1.55. The molecule has 0 spiro atoms. The van der Waals surface area contributed by atoms with Gasteiger partial charge in [0.25, 0.3) is 0 Å². The number of nitrogens with zero attached hydrogens (tertiary/aromatic N) is 2. The minimum Gasteiger partial charge on any atom is -0.858 e. The minimum atomic E-state index is -5.93. The van der Waals surface area contributed by atoms with Crippen molar-refractivity contribution in [3.05, 3.63) is 27.3 Å². The van der Waals surface area contributed by atoms with Gasteiger partial charge in [-0.25, -0.2) is 4.79 Å². The Hall–Kier alpha value is -1.57. The molecule has 0 atom stereocenters. The maximum absolute atomic E-state index is 12.3. The van der Waals surface area contributed by atoms with E-state index in [1.165, 1.54) is 13.1 Å². The van der Waals surface area contributed by atoms with Crippen LogP contribution in [-0.4, -0.2) is 38.6 Å². The van der Waals surface area contributed by atoms with Gasteiger partial charge in [0, 0.05) is 16.5 Å². The molecule has 1 amide bonds. The second-order valence-electron chi connectivity index (χ2n) is 6.02. The SMILES string of the molecule is CN(C(=O)OC(C)(C)C)c1ccc(/C([O-])=N/S(=O)(=O)C(F)(F)F)cc1I. The molecule has 0 heterocycles. The molecule has 0 fully saturated rings. The van der Waals surface area contributed by atoms with Gasteiger partial charge in [-0.1, -0.05) is 6.07 Å². The van der Waals surface area contributed by atoms with Crippen molar-refractivity contribution in [1.82, 2.24) is 0 Å². The topological polar surface area (TPSA) is 99.1 Å². The van der Waals surface area contributed by atoms with Crippen molar-refractivity contribution in [2.75, 3.05) is 11.9 Å². The largest absolute Gasteiger partial charge is 0.858 e. The van der Waals surface area contributed by atoms with Crippen LogP contribution in [0.1, 0.15) is 26.3 Å². The van der Waals surface area contributed by atoms with Gasteiger partial charge >= 0.3 is 21.6 Å². The second-order valence-corrected chi connectivity index (χ2v) is 8.78. The molecular formula is C14H15F3IN2O5S-. The van der Waals surface area contributed by atoms with Gasteiger partial charge in [-0.3, -0.25) is 4.90 Å². The number of hydrogen-bond acceptors (Lipinski definition) is 5. The highest BCUT2D eigenvalue weighted by Crippen LogP contribution is 2.27. The Bertz CT molecular complexity index is 832. The first kappa shape index (κ1) is 22.5. The van der Waals surface area contributed by atoms with Crippen LogP contribution < -0.4 is 10.0 Å². The van der Waals surface area contributed by atoms with Crippen molar-refractivity contribution in [2.45, 2.75) is 31.9 Å². The standard InChI is InChI=1S/C14H16F3IN2O5S/c1-13(2,3)25-12(22)20(4)10-6-5-8(7-9(10)18)11(21)19-26(23,24)14(15,16)17/h5-7H,1-4H3,(H,19,21)/p-1. The molecule has 146 valence electrons. The van der Waals surface area contributed by atoms with Crippen LogP contribution in [0.25, 0.3) is 0 Å². The lowest BCUT2D eigenvalue weighted by Crippen LogP contribution is -2.34. The Morgan fingerprint density at radius 3 is 2.23 bits per heavy atom. The molecular weight excluding hydrogens is 492 g/mol. The molecule has 1 aromatic rings. The van der Waals surface area contributed by atoms with Crippen LogP contribution >= 0.6 is 22.6 Å².